The Bertz CT molecular complexity index is 457. The summed E-state index contributed by atoms with van der Waals surface area (Å²) in [7, 11) is 3.05. The lowest BCUT2D eigenvalue weighted by atomic mass is 10.1. The van der Waals surface area contributed by atoms with Crippen molar-refractivity contribution in [3.8, 4) is 11.5 Å². The summed E-state index contributed by atoms with van der Waals surface area (Å²) in [6, 6.07) is 5.04. The minimum Gasteiger partial charge on any atom is -0.497 e. The van der Waals surface area contributed by atoms with E-state index in [1.807, 2.05) is 0 Å². The molecule has 2 rings (SSSR count). The molecular formula is C14H19NO4. The van der Waals surface area contributed by atoms with E-state index < -0.39 is 6.10 Å². The first-order valence-electron chi connectivity index (χ1n) is 6.34. The van der Waals surface area contributed by atoms with Crippen LogP contribution in [0.1, 0.15) is 23.2 Å². The Morgan fingerprint density at radius 1 is 1.42 bits per heavy atom. The Morgan fingerprint density at radius 3 is 2.74 bits per heavy atom. The molecule has 1 unspecified atom stereocenters. The Kier molecular flexibility index (Phi) is 4.27. The van der Waals surface area contributed by atoms with Crippen molar-refractivity contribution in [1.29, 1.82) is 0 Å². The number of ether oxygens (including phenoxy) is 2. The predicted octanol–water partition coefficient (Wildman–Crippen LogP) is 1.20. The number of carbonyl (C=O) groups is 1. The number of hydrogen-bond donors (Lipinski definition) is 2. The molecule has 0 aliphatic heterocycles. The molecule has 1 amide bonds. The van der Waals surface area contributed by atoms with Crippen molar-refractivity contribution < 1.29 is 19.4 Å². The van der Waals surface area contributed by atoms with Crippen LogP contribution in [0.15, 0.2) is 18.2 Å². The van der Waals surface area contributed by atoms with Crippen LogP contribution in [-0.4, -0.2) is 37.9 Å². The SMILES string of the molecule is COc1ccc(OC)c(C(=O)NCC(O)C2CC2)c1. The van der Waals surface area contributed by atoms with Crippen molar-refractivity contribution in [2.75, 3.05) is 20.8 Å². The third kappa shape index (κ3) is 3.38. The van der Waals surface area contributed by atoms with E-state index in [2.05, 4.69) is 5.32 Å². The highest BCUT2D eigenvalue weighted by molar-refractivity contribution is 5.97. The quantitative estimate of drug-likeness (QED) is 0.811. The fourth-order valence-corrected chi connectivity index (χ4v) is 1.93. The zero-order valence-corrected chi connectivity index (χ0v) is 11.2. The van der Waals surface area contributed by atoms with Crippen LogP contribution >= 0.6 is 0 Å². The predicted molar refractivity (Wildman–Crippen MR) is 70.6 cm³/mol. The Labute approximate surface area is 112 Å². The fraction of sp³-hybridized carbons (Fsp3) is 0.500. The van der Waals surface area contributed by atoms with Crippen molar-refractivity contribution in [3.63, 3.8) is 0 Å². The second-order valence-corrected chi connectivity index (χ2v) is 4.68. The van der Waals surface area contributed by atoms with E-state index in [9.17, 15) is 9.90 Å². The summed E-state index contributed by atoms with van der Waals surface area (Å²) in [5, 5.41) is 12.5. The maximum Gasteiger partial charge on any atom is 0.255 e. The molecule has 0 bridgehead atoms. The number of aliphatic hydroxyl groups is 1. The molecule has 0 radical (unpaired) electrons. The van der Waals surface area contributed by atoms with Gasteiger partial charge in [-0.05, 0) is 37.0 Å². The van der Waals surface area contributed by atoms with Gasteiger partial charge in [-0.3, -0.25) is 4.79 Å². The standard InChI is InChI=1S/C14H19NO4/c1-18-10-5-6-13(19-2)11(7-10)14(17)15-8-12(16)9-3-4-9/h5-7,9,12,16H,3-4,8H2,1-2H3,(H,15,17). The van der Waals surface area contributed by atoms with Crippen molar-refractivity contribution >= 4 is 5.91 Å². The molecule has 1 aliphatic rings. The zero-order valence-electron chi connectivity index (χ0n) is 11.2. The van der Waals surface area contributed by atoms with Crippen LogP contribution in [0.3, 0.4) is 0 Å². The molecule has 1 aliphatic carbocycles. The summed E-state index contributed by atoms with van der Waals surface area (Å²) in [6.07, 6.45) is 1.62. The van der Waals surface area contributed by atoms with Gasteiger partial charge in [-0.2, -0.15) is 0 Å². The average Bonchev–Trinajstić information content (AvgIpc) is 3.28. The van der Waals surface area contributed by atoms with Gasteiger partial charge in [0.15, 0.2) is 0 Å². The smallest absolute Gasteiger partial charge is 0.255 e. The second-order valence-electron chi connectivity index (χ2n) is 4.68. The van der Waals surface area contributed by atoms with Crippen LogP contribution < -0.4 is 14.8 Å². The van der Waals surface area contributed by atoms with Crippen LogP contribution in [0.2, 0.25) is 0 Å². The molecule has 19 heavy (non-hydrogen) atoms. The van der Waals surface area contributed by atoms with E-state index >= 15 is 0 Å². The molecule has 5 heteroatoms. The first-order valence-corrected chi connectivity index (χ1v) is 6.34. The topological polar surface area (TPSA) is 67.8 Å². The van der Waals surface area contributed by atoms with E-state index in [4.69, 9.17) is 9.47 Å². The van der Waals surface area contributed by atoms with Crippen LogP contribution in [0.5, 0.6) is 11.5 Å². The van der Waals surface area contributed by atoms with Crippen LogP contribution in [0, 0.1) is 5.92 Å². The average molecular weight is 265 g/mol. The molecule has 0 aromatic heterocycles. The third-order valence-electron chi connectivity index (χ3n) is 3.29. The van der Waals surface area contributed by atoms with E-state index in [0.717, 1.165) is 12.8 Å². The lowest BCUT2D eigenvalue weighted by molar-refractivity contribution is 0.0898. The van der Waals surface area contributed by atoms with Gasteiger partial charge in [0.2, 0.25) is 0 Å². The van der Waals surface area contributed by atoms with Gasteiger partial charge < -0.3 is 19.9 Å². The summed E-state index contributed by atoms with van der Waals surface area (Å²) < 4.78 is 10.2. The monoisotopic (exact) mass is 265 g/mol. The van der Waals surface area contributed by atoms with Gasteiger partial charge in [-0.25, -0.2) is 0 Å². The molecule has 0 spiro atoms. The van der Waals surface area contributed by atoms with E-state index in [1.165, 1.54) is 7.11 Å². The molecule has 0 saturated heterocycles. The molecule has 1 fully saturated rings. The fourth-order valence-electron chi connectivity index (χ4n) is 1.93. The minimum atomic E-state index is -0.458. The maximum absolute atomic E-state index is 12.1. The Morgan fingerprint density at radius 2 is 2.16 bits per heavy atom. The molecule has 2 N–H and O–H groups in total. The number of methoxy groups -OCH3 is 2. The first kappa shape index (κ1) is 13.7. The summed E-state index contributed by atoms with van der Waals surface area (Å²) >= 11 is 0. The van der Waals surface area contributed by atoms with Gasteiger partial charge >= 0.3 is 0 Å². The van der Waals surface area contributed by atoms with Gasteiger partial charge in [0.05, 0.1) is 25.9 Å². The van der Waals surface area contributed by atoms with Gasteiger partial charge in [-0.15, -0.1) is 0 Å². The normalized spacial score (nSPS) is 15.7. The first-order chi connectivity index (χ1) is 9.15. The molecular weight excluding hydrogens is 246 g/mol. The third-order valence-corrected chi connectivity index (χ3v) is 3.29. The van der Waals surface area contributed by atoms with Crippen LogP contribution in [0.25, 0.3) is 0 Å². The number of amides is 1. The lowest BCUT2D eigenvalue weighted by Crippen LogP contribution is -2.33. The number of benzene rings is 1. The molecule has 104 valence electrons. The van der Waals surface area contributed by atoms with Gasteiger partial charge in [0.1, 0.15) is 11.5 Å². The molecule has 1 saturated carbocycles. The van der Waals surface area contributed by atoms with E-state index in [0.29, 0.717) is 23.0 Å². The highest BCUT2D eigenvalue weighted by Gasteiger charge is 2.29. The highest BCUT2D eigenvalue weighted by atomic mass is 16.5. The lowest BCUT2D eigenvalue weighted by Gasteiger charge is -2.13. The Balaban J connectivity index is 2.03. The minimum absolute atomic E-state index is 0.268. The van der Waals surface area contributed by atoms with Gasteiger partial charge in [-0.1, -0.05) is 0 Å². The van der Waals surface area contributed by atoms with Crippen molar-refractivity contribution in [2.45, 2.75) is 18.9 Å². The number of aliphatic hydroxyl groups excluding tert-OH is 1. The summed E-state index contributed by atoms with van der Waals surface area (Å²) in [4.78, 5) is 12.1. The van der Waals surface area contributed by atoms with Crippen LogP contribution in [0.4, 0.5) is 0 Å². The molecule has 1 atom stereocenters. The molecule has 1 aromatic carbocycles. The van der Waals surface area contributed by atoms with Crippen molar-refractivity contribution in [1.82, 2.24) is 5.32 Å². The van der Waals surface area contributed by atoms with Gasteiger partial charge in [0.25, 0.3) is 5.91 Å². The summed E-state index contributed by atoms with van der Waals surface area (Å²) in [6.45, 7) is 0.268. The largest absolute Gasteiger partial charge is 0.497 e. The zero-order chi connectivity index (χ0) is 13.8. The van der Waals surface area contributed by atoms with E-state index in [1.54, 1.807) is 25.3 Å². The number of rotatable bonds is 6. The van der Waals surface area contributed by atoms with Crippen molar-refractivity contribution in [3.05, 3.63) is 23.8 Å². The highest BCUT2D eigenvalue weighted by Crippen LogP contribution is 2.32. The molecule has 1 aromatic rings. The number of hydrogen-bond acceptors (Lipinski definition) is 4. The van der Waals surface area contributed by atoms with Crippen LogP contribution in [-0.2, 0) is 0 Å². The molecule has 0 heterocycles. The molecule has 5 nitrogen and oxygen atoms in total. The summed E-state index contributed by atoms with van der Waals surface area (Å²) in [5.74, 6) is 1.15. The van der Waals surface area contributed by atoms with Gasteiger partial charge in [0, 0.05) is 6.54 Å². The second kappa shape index (κ2) is 5.93. The summed E-state index contributed by atoms with van der Waals surface area (Å²) in [5.41, 5.74) is 0.407. The maximum atomic E-state index is 12.1. The van der Waals surface area contributed by atoms with E-state index in [-0.39, 0.29) is 12.5 Å². The Hall–Kier alpha value is -1.75. The number of carbonyl (C=O) groups excluding carboxylic acids is 1. The number of nitrogens with one attached hydrogen (secondary N) is 1. The van der Waals surface area contributed by atoms with Crippen molar-refractivity contribution in [2.24, 2.45) is 5.92 Å².